The lowest BCUT2D eigenvalue weighted by Gasteiger charge is -2.41. The van der Waals surface area contributed by atoms with Crippen molar-refractivity contribution in [2.24, 2.45) is 5.92 Å². The van der Waals surface area contributed by atoms with E-state index in [0.29, 0.717) is 19.1 Å². The largest absolute Gasteiger partial charge is 0.413 e. The van der Waals surface area contributed by atoms with Crippen molar-refractivity contribution in [3.8, 4) is 0 Å². The Morgan fingerprint density at radius 1 is 1.29 bits per heavy atom. The van der Waals surface area contributed by atoms with Crippen LogP contribution in [0.3, 0.4) is 0 Å². The Labute approximate surface area is 132 Å². The molecule has 1 heterocycles. The molecule has 0 N–H and O–H groups in total. The van der Waals surface area contributed by atoms with Gasteiger partial charge in [-0.05, 0) is 37.4 Å². The highest BCUT2D eigenvalue weighted by molar-refractivity contribution is 6.74. The Hall–Kier alpha value is -0.163. The third kappa shape index (κ3) is 5.20. The average molecular weight is 315 g/mol. The minimum absolute atomic E-state index is 0.188. The predicted octanol–water partition coefficient (Wildman–Crippen LogP) is 4.74. The van der Waals surface area contributed by atoms with Crippen molar-refractivity contribution in [3.63, 3.8) is 0 Å². The van der Waals surface area contributed by atoms with E-state index in [0.717, 1.165) is 12.8 Å². The summed E-state index contributed by atoms with van der Waals surface area (Å²) in [5.41, 5.74) is 0. The van der Waals surface area contributed by atoms with Crippen LogP contribution in [0.25, 0.3) is 0 Å². The van der Waals surface area contributed by atoms with E-state index in [4.69, 9.17) is 13.9 Å². The van der Waals surface area contributed by atoms with E-state index < -0.39 is 14.1 Å². The summed E-state index contributed by atoms with van der Waals surface area (Å²) >= 11 is 0. The molecule has 0 saturated carbocycles. The zero-order valence-corrected chi connectivity index (χ0v) is 16.0. The predicted molar refractivity (Wildman–Crippen MR) is 91.0 cm³/mol. The molecule has 0 aromatic carbocycles. The van der Waals surface area contributed by atoms with Crippen LogP contribution in [-0.4, -0.2) is 33.4 Å². The molecular formula is C17H34O3Si. The number of hydrogen-bond acceptors (Lipinski definition) is 3. The molecule has 1 aliphatic heterocycles. The third-order valence-electron chi connectivity index (χ3n) is 4.99. The van der Waals surface area contributed by atoms with Crippen LogP contribution < -0.4 is 0 Å². The Balaban J connectivity index is 2.70. The van der Waals surface area contributed by atoms with Gasteiger partial charge in [0.25, 0.3) is 0 Å². The van der Waals surface area contributed by atoms with Crippen molar-refractivity contribution in [1.82, 2.24) is 0 Å². The summed E-state index contributed by atoms with van der Waals surface area (Å²) < 4.78 is 18.0. The van der Waals surface area contributed by atoms with E-state index in [1.54, 1.807) is 0 Å². The fraction of sp³-hybridized carbons (Fsp3) is 0.882. The van der Waals surface area contributed by atoms with Gasteiger partial charge in [0.05, 0.1) is 19.3 Å². The number of ether oxygens (including phenoxy) is 2. The zero-order valence-electron chi connectivity index (χ0n) is 15.0. The molecule has 1 saturated heterocycles. The first-order chi connectivity index (χ1) is 9.51. The van der Waals surface area contributed by atoms with E-state index in [-0.39, 0.29) is 11.1 Å². The Morgan fingerprint density at radius 2 is 1.81 bits per heavy atom. The quantitative estimate of drug-likeness (QED) is 0.502. The van der Waals surface area contributed by atoms with Gasteiger partial charge < -0.3 is 13.9 Å². The molecule has 124 valence electrons. The summed E-state index contributed by atoms with van der Waals surface area (Å²) in [7, 11) is -1.78. The van der Waals surface area contributed by atoms with Gasteiger partial charge in [-0.25, -0.2) is 0 Å². The summed E-state index contributed by atoms with van der Waals surface area (Å²) in [5, 5.41) is 0.219. The van der Waals surface area contributed by atoms with Gasteiger partial charge in [0.15, 0.2) is 14.1 Å². The molecule has 0 aromatic heterocycles. The molecule has 0 aromatic rings. The standard InChI is InChI=1S/C17H34O3Si/c1-9-14(2)15(20-21(7,8)16(3,4)5)10-11-17(6)18-12-13-19-17/h9,14-15H,1,10-13H2,2-8H3/t14-,15-/m0/s1. The minimum Gasteiger partial charge on any atom is -0.413 e. The van der Waals surface area contributed by atoms with Crippen LogP contribution in [0.15, 0.2) is 12.7 Å². The van der Waals surface area contributed by atoms with Crippen molar-refractivity contribution < 1.29 is 13.9 Å². The van der Waals surface area contributed by atoms with Crippen molar-refractivity contribution in [2.75, 3.05) is 13.2 Å². The average Bonchev–Trinajstić information content (AvgIpc) is 2.79. The lowest BCUT2D eigenvalue weighted by atomic mass is 9.98. The third-order valence-corrected chi connectivity index (χ3v) is 9.50. The normalized spacial score (nSPS) is 22.0. The van der Waals surface area contributed by atoms with E-state index >= 15 is 0 Å². The zero-order chi connectivity index (χ0) is 16.3. The van der Waals surface area contributed by atoms with Crippen molar-refractivity contribution in [3.05, 3.63) is 12.7 Å². The number of hydrogen-bond donors (Lipinski definition) is 0. The molecule has 1 aliphatic rings. The molecule has 21 heavy (non-hydrogen) atoms. The van der Waals surface area contributed by atoms with Crippen LogP contribution in [0.1, 0.15) is 47.5 Å². The fourth-order valence-corrected chi connectivity index (χ4v) is 3.68. The van der Waals surface area contributed by atoms with Gasteiger partial charge in [-0.2, -0.15) is 0 Å². The van der Waals surface area contributed by atoms with Crippen LogP contribution in [0.4, 0.5) is 0 Å². The molecule has 4 heteroatoms. The van der Waals surface area contributed by atoms with Crippen LogP contribution in [0, 0.1) is 5.92 Å². The molecule has 0 amide bonds. The van der Waals surface area contributed by atoms with Gasteiger partial charge in [0, 0.05) is 6.42 Å². The smallest absolute Gasteiger partial charge is 0.192 e. The van der Waals surface area contributed by atoms with Crippen LogP contribution in [-0.2, 0) is 13.9 Å². The molecule has 0 bridgehead atoms. The highest BCUT2D eigenvalue weighted by Gasteiger charge is 2.40. The maximum atomic E-state index is 6.62. The van der Waals surface area contributed by atoms with E-state index in [2.05, 4.69) is 47.4 Å². The minimum atomic E-state index is -1.78. The lowest BCUT2D eigenvalue weighted by molar-refractivity contribution is -0.151. The maximum absolute atomic E-state index is 6.62. The SMILES string of the molecule is C=C[C@H](C)[C@H](CCC1(C)OCCO1)O[Si](C)(C)C(C)(C)C. The first-order valence-corrected chi connectivity index (χ1v) is 11.0. The second-order valence-electron chi connectivity index (χ2n) is 7.88. The lowest BCUT2D eigenvalue weighted by Crippen LogP contribution is -2.45. The van der Waals surface area contributed by atoms with Gasteiger partial charge in [-0.3, -0.25) is 0 Å². The molecule has 1 rings (SSSR count). The van der Waals surface area contributed by atoms with Crippen LogP contribution in [0.5, 0.6) is 0 Å². The van der Waals surface area contributed by atoms with E-state index in [1.807, 2.05) is 13.0 Å². The molecule has 0 radical (unpaired) electrons. The molecule has 0 aliphatic carbocycles. The molecule has 2 atom stereocenters. The van der Waals surface area contributed by atoms with E-state index in [9.17, 15) is 0 Å². The highest BCUT2D eigenvalue weighted by Crippen LogP contribution is 2.39. The van der Waals surface area contributed by atoms with Crippen molar-refractivity contribution >= 4 is 8.32 Å². The summed E-state index contributed by atoms with van der Waals surface area (Å²) in [4.78, 5) is 0. The topological polar surface area (TPSA) is 27.7 Å². The summed E-state index contributed by atoms with van der Waals surface area (Å²) in [6.45, 7) is 21.0. The maximum Gasteiger partial charge on any atom is 0.192 e. The van der Waals surface area contributed by atoms with E-state index in [1.165, 1.54) is 0 Å². The van der Waals surface area contributed by atoms with Crippen LogP contribution >= 0.6 is 0 Å². The van der Waals surface area contributed by atoms with Gasteiger partial charge in [0.2, 0.25) is 0 Å². The van der Waals surface area contributed by atoms with Crippen molar-refractivity contribution in [2.45, 2.75) is 77.5 Å². The van der Waals surface area contributed by atoms with Gasteiger partial charge in [-0.1, -0.05) is 33.8 Å². The second-order valence-corrected chi connectivity index (χ2v) is 12.6. The summed E-state index contributed by atoms with van der Waals surface area (Å²) in [6, 6.07) is 0. The second kappa shape index (κ2) is 6.94. The molecule has 0 unspecified atom stereocenters. The van der Waals surface area contributed by atoms with Crippen molar-refractivity contribution in [1.29, 1.82) is 0 Å². The molecular weight excluding hydrogens is 280 g/mol. The number of rotatable bonds is 7. The Morgan fingerprint density at radius 3 is 2.24 bits per heavy atom. The summed E-state index contributed by atoms with van der Waals surface area (Å²) in [6.07, 6.45) is 3.99. The molecule has 3 nitrogen and oxygen atoms in total. The molecule has 0 spiro atoms. The fourth-order valence-electron chi connectivity index (χ4n) is 2.24. The summed E-state index contributed by atoms with van der Waals surface area (Å²) in [5.74, 6) is -0.0974. The Bertz CT molecular complexity index is 340. The van der Waals surface area contributed by atoms with Gasteiger partial charge in [0.1, 0.15) is 0 Å². The highest BCUT2D eigenvalue weighted by atomic mass is 28.4. The first kappa shape index (κ1) is 18.9. The van der Waals surface area contributed by atoms with Gasteiger partial charge >= 0.3 is 0 Å². The Kier molecular flexibility index (Phi) is 6.24. The molecule has 1 fully saturated rings. The monoisotopic (exact) mass is 314 g/mol. The van der Waals surface area contributed by atoms with Crippen LogP contribution in [0.2, 0.25) is 18.1 Å². The van der Waals surface area contributed by atoms with Gasteiger partial charge in [-0.15, -0.1) is 6.58 Å². The first-order valence-electron chi connectivity index (χ1n) is 8.09.